The molecule has 1 fully saturated rings. The molecule has 4 heteroatoms. The van der Waals surface area contributed by atoms with E-state index < -0.39 is 0 Å². The van der Waals surface area contributed by atoms with Gasteiger partial charge in [0.05, 0.1) is 6.10 Å². The van der Waals surface area contributed by atoms with Gasteiger partial charge in [0.15, 0.2) is 0 Å². The highest BCUT2D eigenvalue weighted by atomic mass is 35.5. The zero-order chi connectivity index (χ0) is 15.2. The standard InChI is InChI=1S/C17H25ClFNO/c1-20-16(11-13-14(18)9-6-10-15(13)19)17(21-2)12-7-4-3-5-8-12/h6,9-10,12,16-17,20H,3-5,7-8,11H2,1-2H3. The van der Waals surface area contributed by atoms with Gasteiger partial charge in [0.1, 0.15) is 5.82 Å². The molecular weight excluding hydrogens is 289 g/mol. The van der Waals surface area contributed by atoms with Crippen molar-refractivity contribution in [2.75, 3.05) is 14.2 Å². The number of hydrogen-bond acceptors (Lipinski definition) is 2. The van der Waals surface area contributed by atoms with Crippen LogP contribution in [0.1, 0.15) is 37.7 Å². The second kappa shape index (κ2) is 8.11. The van der Waals surface area contributed by atoms with Crippen molar-refractivity contribution in [3.05, 3.63) is 34.6 Å². The fourth-order valence-corrected chi connectivity index (χ4v) is 3.72. The molecule has 1 aliphatic carbocycles. The molecule has 21 heavy (non-hydrogen) atoms. The van der Waals surface area contributed by atoms with E-state index >= 15 is 0 Å². The van der Waals surface area contributed by atoms with Gasteiger partial charge in [0, 0.05) is 23.7 Å². The van der Waals surface area contributed by atoms with Crippen molar-refractivity contribution < 1.29 is 9.13 Å². The van der Waals surface area contributed by atoms with E-state index in [4.69, 9.17) is 16.3 Å². The summed E-state index contributed by atoms with van der Waals surface area (Å²) in [7, 11) is 3.67. The normalized spacial score (nSPS) is 19.4. The quantitative estimate of drug-likeness (QED) is 0.849. The Morgan fingerprint density at radius 2 is 2.05 bits per heavy atom. The lowest BCUT2D eigenvalue weighted by atomic mass is 9.81. The molecule has 0 spiro atoms. The Morgan fingerprint density at radius 1 is 1.33 bits per heavy atom. The van der Waals surface area contributed by atoms with Crippen LogP contribution in [0.3, 0.4) is 0 Å². The molecule has 0 heterocycles. The van der Waals surface area contributed by atoms with Crippen molar-refractivity contribution in [2.45, 2.75) is 50.7 Å². The van der Waals surface area contributed by atoms with Gasteiger partial charge in [-0.15, -0.1) is 0 Å². The van der Waals surface area contributed by atoms with E-state index in [1.54, 1.807) is 19.2 Å². The van der Waals surface area contributed by atoms with Crippen LogP contribution >= 0.6 is 11.6 Å². The fourth-order valence-electron chi connectivity index (χ4n) is 3.48. The maximum atomic E-state index is 14.0. The minimum Gasteiger partial charge on any atom is -0.380 e. The number of methoxy groups -OCH3 is 1. The molecule has 0 bridgehead atoms. The van der Waals surface area contributed by atoms with Crippen LogP contribution in [0.25, 0.3) is 0 Å². The zero-order valence-electron chi connectivity index (χ0n) is 12.9. The average Bonchev–Trinajstić information content (AvgIpc) is 2.51. The summed E-state index contributed by atoms with van der Waals surface area (Å²) in [5, 5.41) is 3.80. The third-order valence-electron chi connectivity index (χ3n) is 4.64. The molecule has 2 nitrogen and oxygen atoms in total. The summed E-state index contributed by atoms with van der Waals surface area (Å²) < 4.78 is 19.8. The van der Waals surface area contributed by atoms with Gasteiger partial charge in [0.25, 0.3) is 0 Å². The summed E-state index contributed by atoms with van der Waals surface area (Å²) >= 11 is 6.16. The smallest absolute Gasteiger partial charge is 0.127 e. The molecule has 1 aliphatic rings. The van der Waals surface area contributed by atoms with Gasteiger partial charge in [-0.3, -0.25) is 0 Å². The molecule has 2 atom stereocenters. The predicted octanol–water partition coefficient (Wildman–Crippen LogP) is 4.20. The molecule has 2 rings (SSSR count). The minimum atomic E-state index is -0.235. The van der Waals surface area contributed by atoms with Crippen LogP contribution in [-0.4, -0.2) is 26.3 Å². The third-order valence-corrected chi connectivity index (χ3v) is 4.99. The highest BCUT2D eigenvalue weighted by molar-refractivity contribution is 6.31. The number of benzene rings is 1. The SMILES string of the molecule is CNC(Cc1c(F)cccc1Cl)C(OC)C1CCCCC1. The van der Waals surface area contributed by atoms with Crippen LogP contribution in [0.15, 0.2) is 18.2 Å². The van der Waals surface area contributed by atoms with E-state index in [0.717, 1.165) is 0 Å². The fraction of sp³-hybridized carbons (Fsp3) is 0.647. The molecule has 2 unspecified atom stereocenters. The number of rotatable bonds is 6. The van der Waals surface area contributed by atoms with Gasteiger partial charge in [-0.1, -0.05) is 36.9 Å². The van der Waals surface area contributed by atoms with Crippen LogP contribution in [-0.2, 0) is 11.2 Å². The largest absolute Gasteiger partial charge is 0.380 e. The topological polar surface area (TPSA) is 21.3 Å². The van der Waals surface area contributed by atoms with Crippen molar-refractivity contribution in [1.29, 1.82) is 0 Å². The first-order valence-corrected chi connectivity index (χ1v) is 8.18. The second-order valence-corrected chi connectivity index (χ2v) is 6.31. The molecule has 1 N–H and O–H groups in total. The van der Waals surface area contributed by atoms with Gasteiger partial charge in [0.2, 0.25) is 0 Å². The van der Waals surface area contributed by atoms with Gasteiger partial charge < -0.3 is 10.1 Å². The molecule has 1 saturated carbocycles. The molecule has 0 radical (unpaired) electrons. The van der Waals surface area contributed by atoms with E-state index in [1.807, 2.05) is 7.05 Å². The molecule has 0 saturated heterocycles. The maximum Gasteiger partial charge on any atom is 0.127 e. The van der Waals surface area contributed by atoms with Gasteiger partial charge in [-0.2, -0.15) is 0 Å². The molecule has 1 aromatic carbocycles. The summed E-state index contributed by atoms with van der Waals surface area (Å²) in [6.07, 6.45) is 6.89. The highest BCUT2D eigenvalue weighted by Gasteiger charge is 2.30. The number of ether oxygens (including phenoxy) is 1. The first-order valence-electron chi connectivity index (χ1n) is 7.80. The van der Waals surface area contributed by atoms with Crippen LogP contribution in [0.2, 0.25) is 5.02 Å². The minimum absolute atomic E-state index is 0.0764. The molecule has 118 valence electrons. The molecular formula is C17H25ClFNO. The molecule has 1 aromatic rings. The van der Waals surface area contributed by atoms with Crippen LogP contribution in [0, 0.1) is 11.7 Å². The summed E-state index contributed by atoms with van der Waals surface area (Å²) in [6.45, 7) is 0. The maximum absolute atomic E-state index is 14.0. The van der Waals surface area contributed by atoms with Crippen molar-refractivity contribution in [1.82, 2.24) is 5.32 Å². The second-order valence-electron chi connectivity index (χ2n) is 5.90. The first-order chi connectivity index (χ1) is 10.2. The molecule has 0 aliphatic heterocycles. The van der Waals surface area contributed by atoms with Crippen molar-refractivity contribution >= 4 is 11.6 Å². The van der Waals surface area contributed by atoms with Crippen molar-refractivity contribution in [2.24, 2.45) is 5.92 Å². The lowest BCUT2D eigenvalue weighted by molar-refractivity contribution is 0.00998. The Bertz CT molecular complexity index is 428. The van der Waals surface area contributed by atoms with E-state index in [1.165, 1.54) is 38.2 Å². The average molecular weight is 314 g/mol. The summed E-state index contributed by atoms with van der Waals surface area (Å²) in [6, 6.07) is 4.93. The first kappa shape index (κ1) is 16.7. The van der Waals surface area contributed by atoms with Crippen LogP contribution < -0.4 is 5.32 Å². The lowest BCUT2D eigenvalue weighted by Gasteiger charge is -2.35. The summed E-state index contributed by atoms with van der Waals surface area (Å²) in [5.74, 6) is 0.313. The van der Waals surface area contributed by atoms with E-state index in [2.05, 4.69) is 5.32 Å². The Labute approximate surface area is 132 Å². The Hall–Kier alpha value is -0.640. The Balaban J connectivity index is 2.13. The highest BCUT2D eigenvalue weighted by Crippen LogP contribution is 2.31. The van der Waals surface area contributed by atoms with Crippen LogP contribution in [0.4, 0.5) is 4.39 Å². The number of hydrogen-bond donors (Lipinski definition) is 1. The number of halogens is 2. The van der Waals surface area contributed by atoms with Crippen LogP contribution in [0.5, 0.6) is 0 Å². The Kier molecular flexibility index (Phi) is 6.46. The third kappa shape index (κ3) is 4.18. The van der Waals surface area contributed by atoms with E-state index in [-0.39, 0.29) is 18.0 Å². The zero-order valence-corrected chi connectivity index (χ0v) is 13.6. The monoisotopic (exact) mass is 313 g/mol. The van der Waals surface area contributed by atoms with Gasteiger partial charge in [-0.25, -0.2) is 4.39 Å². The van der Waals surface area contributed by atoms with E-state index in [0.29, 0.717) is 22.9 Å². The predicted molar refractivity (Wildman–Crippen MR) is 85.3 cm³/mol. The summed E-state index contributed by atoms with van der Waals surface area (Å²) in [4.78, 5) is 0. The van der Waals surface area contributed by atoms with Crippen molar-refractivity contribution in [3.63, 3.8) is 0 Å². The summed E-state index contributed by atoms with van der Waals surface area (Å²) in [5.41, 5.74) is 0.580. The Morgan fingerprint density at radius 3 is 2.62 bits per heavy atom. The lowest BCUT2D eigenvalue weighted by Crippen LogP contribution is -2.45. The number of nitrogens with one attached hydrogen (secondary N) is 1. The van der Waals surface area contributed by atoms with Crippen molar-refractivity contribution in [3.8, 4) is 0 Å². The molecule has 0 amide bonds. The molecule has 0 aromatic heterocycles. The van der Waals surface area contributed by atoms with E-state index in [9.17, 15) is 4.39 Å². The van der Waals surface area contributed by atoms with Gasteiger partial charge in [-0.05, 0) is 44.4 Å². The van der Waals surface area contributed by atoms with Gasteiger partial charge >= 0.3 is 0 Å². The number of likely N-dealkylation sites (N-methyl/N-ethyl adjacent to an activating group) is 1.